The van der Waals surface area contributed by atoms with Crippen molar-refractivity contribution in [3.8, 4) is 0 Å². The lowest BCUT2D eigenvalue weighted by Crippen LogP contribution is -2.47. The summed E-state index contributed by atoms with van der Waals surface area (Å²) in [5, 5.41) is 0.979. The Labute approximate surface area is 135 Å². The Kier molecular flexibility index (Phi) is 3.87. The minimum Gasteiger partial charge on any atom is -0.373 e. The highest BCUT2D eigenvalue weighted by Crippen LogP contribution is 2.48. The van der Waals surface area contributed by atoms with Gasteiger partial charge in [-0.25, -0.2) is 0 Å². The highest BCUT2D eigenvalue weighted by atomic mass is 16.5. The molecule has 0 radical (unpaired) electrons. The number of carbonyl (C=O) groups is 3. The summed E-state index contributed by atoms with van der Waals surface area (Å²) < 4.78 is 5.68. The van der Waals surface area contributed by atoms with Crippen LogP contribution in [0.5, 0.6) is 0 Å². The van der Waals surface area contributed by atoms with Crippen LogP contribution in [0, 0.1) is 17.8 Å². The maximum absolute atomic E-state index is 12.4. The lowest BCUT2D eigenvalue weighted by Gasteiger charge is -2.22. The van der Waals surface area contributed by atoms with Gasteiger partial charge in [-0.05, 0) is 25.2 Å². The van der Waals surface area contributed by atoms with Crippen LogP contribution in [0.25, 0.3) is 0 Å². The molecule has 4 aliphatic rings. The monoisotopic (exact) mass is 320 g/mol. The number of hydrogen-bond donors (Lipinski definition) is 1. The molecule has 6 heteroatoms. The van der Waals surface area contributed by atoms with Gasteiger partial charge in [-0.1, -0.05) is 32.1 Å². The van der Waals surface area contributed by atoms with Crippen LogP contribution < -0.4 is 5.43 Å². The molecule has 3 heterocycles. The summed E-state index contributed by atoms with van der Waals surface area (Å²) in [4.78, 5) is 37.0. The van der Waals surface area contributed by atoms with Gasteiger partial charge in [-0.2, -0.15) is 5.01 Å². The Hall–Kier alpha value is -1.43. The highest BCUT2D eigenvalue weighted by Gasteiger charge is 2.62. The van der Waals surface area contributed by atoms with Gasteiger partial charge in [-0.15, -0.1) is 0 Å². The first-order valence-corrected chi connectivity index (χ1v) is 8.98. The second-order valence-electron chi connectivity index (χ2n) is 7.43. The summed E-state index contributed by atoms with van der Waals surface area (Å²) in [5.74, 6) is -0.912. The quantitative estimate of drug-likeness (QED) is 0.797. The lowest BCUT2D eigenvalue weighted by molar-refractivity contribution is -0.151. The fourth-order valence-electron chi connectivity index (χ4n) is 4.81. The van der Waals surface area contributed by atoms with Gasteiger partial charge in [0.2, 0.25) is 5.91 Å². The predicted octanol–water partition coefficient (Wildman–Crippen LogP) is 1.54. The molecule has 0 aromatic heterocycles. The third-order valence-corrected chi connectivity index (χ3v) is 6.03. The van der Waals surface area contributed by atoms with Gasteiger partial charge in [0.1, 0.15) is 0 Å². The molecule has 126 valence electrons. The van der Waals surface area contributed by atoms with E-state index >= 15 is 0 Å². The molecule has 6 nitrogen and oxygen atoms in total. The molecule has 4 rings (SSSR count). The van der Waals surface area contributed by atoms with Crippen molar-refractivity contribution in [3.05, 3.63) is 0 Å². The molecule has 0 spiro atoms. The van der Waals surface area contributed by atoms with Gasteiger partial charge < -0.3 is 4.74 Å². The van der Waals surface area contributed by atoms with Crippen LogP contribution in [0.4, 0.5) is 0 Å². The summed E-state index contributed by atoms with van der Waals surface area (Å²) in [6, 6.07) is 0. The van der Waals surface area contributed by atoms with Crippen LogP contribution >= 0.6 is 0 Å². The summed E-state index contributed by atoms with van der Waals surface area (Å²) in [7, 11) is 0. The van der Waals surface area contributed by atoms with Crippen LogP contribution in [-0.4, -0.2) is 34.9 Å². The van der Waals surface area contributed by atoms with Gasteiger partial charge in [0.05, 0.1) is 24.0 Å². The van der Waals surface area contributed by atoms with Gasteiger partial charge >= 0.3 is 0 Å². The van der Waals surface area contributed by atoms with Crippen LogP contribution in [-0.2, 0) is 19.1 Å². The fraction of sp³-hybridized carbons (Fsp3) is 0.824. The van der Waals surface area contributed by atoms with E-state index in [2.05, 4.69) is 5.43 Å². The standard InChI is InChI=1S/C17H24N2O4/c20-13(9-6-10-4-2-1-3-5-10)18-19-16(21)14-11-7-8-12(23-11)15(14)17(19)22/h10-12,14-15H,1-9H2,(H,18,20)/t11-,12+,14+,15-. The zero-order valence-electron chi connectivity index (χ0n) is 13.3. The average molecular weight is 320 g/mol. The summed E-state index contributed by atoms with van der Waals surface area (Å²) in [5.41, 5.74) is 2.56. The minimum absolute atomic E-state index is 0.134. The molecule has 2 bridgehead atoms. The topological polar surface area (TPSA) is 75.7 Å². The molecule has 3 aliphatic heterocycles. The smallest absolute Gasteiger partial charge is 0.254 e. The first-order valence-electron chi connectivity index (χ1n) is 8.98. The van der Waals surface area contributed by atoms with Crippen molar-refractivity contribution in [1.82, 2.24) is 10.4 Å². The lowest BCUT2D eigenvalue weighted by atomic mass is 9.81. The number of imide groups is 1. The highest BCUT2D eigenvalue weighted by molar-refractivity contribution is 6.07. The molecule has 23 heavy (non-hydrogen) atoms. The minimum atomic E-state index is -0.375. The van der Waals surface area contributed by atoms with Crippen LogP contribution in [0.1, 0.15) is 57.8 Å². The van der Waals surface area contributed by atoms with Gasteiger partial charge in [0.25, 0.3) is 11.8 Å². The molecule has 1 N–H and O–H groups in total. The maximum Gasteiger partial charge on any atom is 0.254 e. The van der Waals surface area contributed by atoms with E-state index in [1.807, 2.05) is 0 Å². The van der Waals surface area contributed by atoms with Crippen molar-refractivity contribution < 1.29 is 19.1 Å². The van der Waals surface area contributed by atoms with Crippen molar-refractivity contribution in [2.24, 2.45) is 17.8 Å². The zero-order valence-corrected chi connectivity index (χ0v) is 13.3. The molecule has 0 aromatic rings. The third-order valence-electron chi connectivity index (χ3n) is 6.03. The number of nitrogens with zero attached hydrogens (tertiary/aromatic N) is 1. The van der Waals surface area contributed by atoms with Crippen molar-refractivity contribution in [1.29, 1.82) is 0 Å². The molecule has 0 unspecified atom stereocenters. The van der Waals surface area contributed by atoms with Crippen molar-refractivity contribution >= 4 is 17.7 Å². The molecular weight excluding hydrogens is 296 g/mol. The van der Waals surface area contributed by atoms with E-state index in [1.165, 1.54) is 32.1 Å². The number of hydrogen-bond acceptors (Lipinski definition) is 4. The number of fused-ring (bicyclic) bond motifs is 5. The second kappa shape index (κ2) is 5.89. The van der Waals surface area contributed by atoms with Crippen LogP contribution in [0.2, 0.25) is 0 Å². The summed E-state index contributed by atoms with van der Waals surface area (Å²) in [6.45, 7) is 0. The number of carbonyl (C=O) groups excluding carboxylic acids is 3. The Bertz CT molecular complexity index is 501. The molecule has 0 aromatic carbocycles. The summed E-state index contributed by atoms with van der Waals surface area (Å²) in [6.07, 6.45) is 8.85. The first-order chi connectivity index (χ1) is 11.1. The Morgan fingerprint density at radius 1 is 1.00 bits per heavy atom. The molecular formula is C17H24N2O4. The van der Waals surface area contributed by atoms with Crippen molar-refractivity contribution in [2.45, 2.75) is 70.0 Å². The first kappa shape index (κ1) is 15.1. The van der Waals surface area contributed by atoms with Crippen molar-refractivity contribution in [2.75, 3.05) is 0 Å². The van der Waals surface area contributed by atoms with E-state index in [0.717, 1.165) is 24.3 Å². The Morgan fingerprint density at radius 2 is 1.61 bits per heavy atom. The second-order valence-corrected chi connectivity index (χ2v) is 7.43. The third kappa shape index (κ3) is 2.57. The molecule has 4 fully saturated rings. The van der Waals surface area contributed by atoms with Gasteiger partial charge in [0.15, 0.2) is 0 Å². The molecule has 3 amide bonds. The van der Waals surface area contributed by atoms with Crippen molar-refractivity contribution in [3.63, 3.8) is 0 Å². The molecule has 1 aliphatic carbocycles. The normalized spacial score (nSPS) is 36.6. The van der Waals surface area contributed by atoms with Crippen LogP contribution in [0.3, 0.4) is 0 Å². The van der Waals surface area contributed by atoms with E-state index in [1.54, 1.807) is 0 Å². The van der Waals surface area contributed by atoms with Gasteiger partial charge in [-0.3, -0.25) is 19.8 Å². The Balaban J connectivity index is 1.33. The maximum atomic E-state index is 12.4. The van der Waals surface area contributed by atoms with E-state index in [4.69, 9.17) is 4.74 Å². The number of rotatable bonds is 4. The number of nitrogens with one attached hydrogen (secondary N) is 1. The SMILES string of the molecule is O=C(CCC1CCCCC1)NN1C(=O)[C@@H]2[C@H](C1=O)[C@@H]1CC[C@H]2O1. The van der Waals surface area contributed by atoms with Gasteiger partial charge in [0, 0.05) is 6.42 Å². The zero-order chi connectivity index (χ0) is 16.0. The van der Waals surface area contributed by atoms with E-state index in [9.17, 15) is 14.4 Å². The summed E-state index contributed by atoms with van der Waals surface area (Å²) >= 11 is 0. The average Bonchev–Trinajstić information content (AvgIpc) is 3.24. The molecule has 3 saturated heterocycles. The predicted molar refractivity (Wildman–Crippen MR) is 80.7 cm³/mol. The molecule has 1 saturated carbocycles. The molecule has 4 atom stereocenters. The number of hydrazine groups is 1. The van der Waals surface area contributed by atoms with E-state index in [0.29, 0.717) is 12.3 Å². The number of ether oxygens (including phenoxy) is 1. The van der Waals surface area contributed by atoms with Crippen LogP contribution in [0.15, 0.2) is 0 Å². The van der Waals surface area contributed by atoms with E-state index < -0.39 is 0 Å². The number of amides is 3. The Morgan fingerprint density at radius 3 is 2.22 bits per heavy atom. The fourth-order valence-corrected chi connectivity index (χ4v) is 4.81. The van der Waals surface area contributed by atoms with E-state index in [-0.39, 0.29) is 41.8 Å². The largest absolute Gasteiger partial charge is 0.373 e.